The fourth-order valence-corrected chi connectivity index (χ4v) is 3.08. The summed E-state index contributed by atoms with van der Waals surface area (Å²) in [5.41, 5.74) is 4.79. The lowest BCUT2D eigenvalue weighted by molar-refractivity contribution is -0.116. The van der Waals surface area contributed by atoms with E-state index >= 15 is 0 Å². The number of ether oxygens (including phenoxy) is 1. The van der Waals surface area contributed by atoms with Crippen molar-refractivity contribution < 1.29 is 9.53 Å². The quantitative estimate of drug-likeness (QED) is 0.552. The maximum absolute atomic E-state index is 12.3. The SMILES string of the molecule is CSc1nc(C)c(CCC(=O)Nc2cccc(COC(C)C)c2)c(C)n1. The van der Waals surface area contributed by atoms with E-state index < -0.39 is 0 Å². The largest absolute Gasteiger partial charge is 0.374 e. The highest BCUT2D eigenvalue weighted by atomic mass is 32.2. The summed E-state index contributed by atoms with van der Waals surface area (Å²) < 4.78 is 5.61. The van der Waals surface area contributed by atoms with Crippen LogP contribution in [0.1, 0.15) is 42.8 Å². The van der Waals surface area contributed by atoms with Gasteiger partial charge in [-0.25, -0.2) is 9.97 Å². The standard InChI is InChI=1S/C20H27N3O2S/c1-13(2)25-12-16-7-6-8-17(11-16)23-19(24)10-9-18-14(3)21-20(26-5)22-15(18)4/h6-8,11,13H,9-10,12H2,1-5H3,(H,23,24). The Morgan fingerprint density at radius 3 is 2.54 bits per heavy atom. The van der Waals surface area contributed by atoms with Crippen molar-refractivity contribution in [3.8, 4) is 0 Å². The lowest BCUT2D eigenvalue weighted by Crippen LogP contribution is -2.14. The number of carbonyl (C=O) groups is 1. The normalized spacial score (nSPS) is 11.0. The molecular formula is C20H27N3O2S. The van der Waals surface area contributed by atoms with Crippen molar-refractivity contribution in [3.63, 3.8) is 0 Å². The Labute approximate surface area is 160 Å². The molecule has 0 radical (unpaired) electrons. The summed E-state index contributed by atoms with van der Waals surface area (Å²) in [7, 11) is 0. The first-order valence-electron chi connectivity index (χ1n) is 8.77. The number of aryl methyl sites for hydroxylation is 2. The van der Waals surface area contributed by atoms with Crippen LogP contribution in [0.25, 0.3) is 0 Å². The lowest BCUT2D eigenvalue weighted by Gasteiger charge is -2.11. The Hall–Kier alpha value is -1.92. The van der Waals surface area contributed by atoms with Crippen molar-refractivity contribution in [2.24, 2.45) is 0 Å². The van der Waals surface area contributed by atoms with Crippen LogP contribution in [0.15, 0.2) is 29.4 Å². The summed E-state index contributed by atoms with van der Waals surface area (Å²) in [4.78, 5) is 21.3. The van der Waals surface area contributed by atoms with E-state index in [1.54, 1.807) is 0 Å². The number of hydrogen-bond donors (Lipinski definition) is 1. The Balaban J connectivity index is 1.94. The number of hydrogen-bond acceptors (Lipinski definition) is 5. The molecule has 0 fully saturated rings. The van der Waals surface area contributed by atoms with E-state index in [9.17, 15) is 4.79 Å². The molecule has 1 aromatic heterocycles. The molecule has 140 valence electrons. The molecule has 5 nitrogen and oxygen atoms in total. The minimum Gasteiger partial charge on any atom is -0.374 e. The van der Waals surface area contributed by atoms with Gasteiger partial charge in [-0.2, -0.15) is 0 Å². The molecule has 0 saturated heterocycles. The third kappa shape index (κ3) is 6.11. The van der Waals surface area contributed by atoms with Gasteiger partial charge < -0.3 is 10.1 Å². The molecule has 2 rings (SSSR count). The van der Waals surface area contributed by atoms with Gasteiger partial charge >= 0.3 is 0 Å². The molecule has 0 aliphatic heterocycles. The van der Waals surface area contributed by atoms with Crippen LogP contribution >= 0.6 is 11.8 Å². The zero-order chi connectivity index (χ0) is 19.1. The van der Waals surface area contributed by atoms with Crippen LogP contribution in [0, 0.1) is 13.8 Å². The lowest BCUT2D eigenvalue weighted by atomic mass is 10.1. The highest BCUT2D eigenvalue weighted by molar-refractivity contribution is 7.98. The fraction of sp³-hybridized carbons (Fsp3) is 0.450. The van der Waals surface area contributed by atoms with Gasteiger partial charge in [-0.15, -0.1) is 0 Å². The summed E-state index contributed by atoms with van der Waals surface area (Å²) in [5, 5.41) is 3.73. The number of nitrogens with one attached hydrogen (secondary N) is 1. The minimum absolute atomic E-state index is 0.0142. The number of carbonyl (C=O) groups excluding carboxylic acids is 1. The van der Waals surface area contributed by atoms with Crippen molar-refractivity contribution in [3.05, 3.63) is 46.8 Å². The van der Waals surface area contributed by atoms with Gasteiger partial charge in [0.15, 0.2) is 5.16 Å². The Morgan fingerprint density at radius 1 is 1.23 bits per heavy atom. The fourth-order valence-electron chi connectivity index (χ4n) is 2.63. The van der Waals surface area contributed by atoms with Gasteiger partial charge in [0.2, 0.25) is 5.91 Å². The second-order valence-corrected chi connectivity index (χ2v) is 7.24. The molecule has 0 atom stereocenters. The molecule has 1 heterocycles. The van der Waals surface area contributed by atoms with E-state index in [0.717, 1.165) is 33.4 Å². The van der Waals surface area contributed by atoms with E-state index in [0.29, 0.717) is 19.4 Å². The van der Waals surface area contributed by atoms with Crippen LogP contribution in [-0.2, 0) is 22.6 Å². The van der Waals surface area contributed by atoms with Gasteiger partial charge in [-0.1, -0.05) is 23.9 Å². The maximum atomic E-state index is 12.3. The summed E-state index contributed by atoms with van der Waals surface area (Å²) in [6, 6.07) is 7.77. The van der Waals surface area contributed by atoms with Crippen LogP contribution in [-0.4, -0.2) is 28.2 Å². The van der Waals surface area contributed by atoms with Crippen molar-refractivity contribution in [1.82, 2.24) is 9.97 Å². The second kappa shape index (κ2) is 9.69. The molecule has 0 aliphatic carbocycles. The monoisotopic (exact) mass is 373 g/mol. The molecular weight excluding hydrogens is 346 g/mol. The highest BCUT2D eigenvalue weighted by Gasteiger charge is 2.11. The molecule has 0 aliphatic rings. The molecule has 1 aromatic carbocycles. The number of rotatable bonds is 8. The third-order valence-corrected chi connectivity index (χ3v) is 4.53. The van der Waals surface area contributed by atoms with Crippen molar-refractivity contribution in [1.29, 1.82) is 0 Å². The van der Waals surface area contributed by atoms with Gasteiger partial charge in [0, 0.05) is 23.5 Å². The first-order valence-corrected chi connectivity index (χ1v) is 10.00. The van der Waals surface area contributed by atoms with Crippen LogP contribution in [0.2, 0.25) is 0 Å². The molecule has 0 saturated carbocycles. The van der Waals surface area contributed by atoms with Gasteiger partial charge in [0.05, 0.1) is 12.7 Å². The first kappa shape index (κ1) is 20.4. The predicted molar refractivity (Wildman–Crippen MR) is 107 cm³/mol. The van der Waals surface area contributed by atoms with E-state index in [-0.39, 0.29) is 12.0 Å². The molecule has 6 heteroatoms. The Bertz CT molecular complexity index is 739. The zero-order valence-electron chi connectivity index (χ0n) is 16.1. The topological polar surface area (TPSA) is 64.1 Å². The average Bonchev–Trinajstić information content (AvgIpc) is 2.59. The Kier molecular flexibility index (Phi) is 7.60. The predicted octanol–water partition coefficient (Wildman–Crippen LogP) is 4.31. The highest BCUT2D eigenvalue weighted by Crippen LogP contribution is 2.18. The Morgan fingerprint density at radius 2 is 1.92 bits per heavy atom. The number of benzene rings is 1. The van der Waals surface area contributed by atoms with Gasteiger partial charge in [0.1, 0.15) is 0 Å². The number of aromatic nitrogens is 2. The molecule has 26 heavy (non-hydrogen) atoms. The van der Waals surface area contributed by atoms with Gasteiger partial charge in [-0.05, 0) is 63.6 Å². The minimum atomic E-state index is -0.0142. The molecule has 0 unspecified atom stereocenters. The number of thioether (sulfide) groups is 1. The average molecular weight is 374 g/mol. The summed E-state index contributed by atoms with van der Waals surface area (Å²) in [6.07, 6.45) is 3.17. The van der Waals surface area contributed by atoms with Crippen LogP contribution in [0.3, 0.4) is 0 Å². The number of nitrogens with zero attached hydrogens (tertiary/aromatic N) is 2. The van der Waals surface area contributed by atoms with E-state index in [1.807, 2.05) is 58.2 Å². The van der Waals surface area contributed by atoms with Crippen molar-refractivity contribution >= 4 is 23.4 Å². The summed E-state index contributed by atoms with van der Waals surface area (Å²) in [6.45, 7) is 8.49. The van der Waals surface area contributed by atoms with E-state index in [2.05, 4.69) is 15.3 Å². The number of amides is 1. The van der Waals surface area contributed by atoms with Crippen LogP contribution in [0.5, 0.6) is 0 Å². The van der Waals surface area contributed by atoms with Crippen molar-refractivity contribution in [2.75, 3.05) is 11.6 Å². The third-order valence-electron chi connectivity index (χ3n) is 3.98. The summed E-state index contributed by atoms with van der Waals surface area (Å²) >= 11 is 1.53. The smallest absolute Gasteiger partial charge is 0.224 e. The van der Waals surface area contributed by atoms with Crippen LogP contribution in [0.4, 0.5) is 5.69 Å². The molecule has 0 bridgehead atoms. The second-order valence-electron chi connectivity index (χ2n) is 6.47. The summed E-state index contributed by atoms with van der Waals surface area (Å²) in [5.74, 6) is -0.0142. The van der Waals surface area contributed by atoms with Gasteiger partial charge in [0.25, 0.3) is 0 Å². The van der Waals surface area contributed by atoms with Crippen LogP contribution < -0.4 is 5.32 Å². The zero-order valence-corrected chi connectivity index (χ0v) is 16.9. The van der Waals surface area contributed by atoms with E-state index in [1.165, 1.54) is 11.8 Å². The van der Waals surface area contributed by atoms with E-state index in [4.69, 9.17) is 4.74 Å². The van der Waals surface area contributed by atoms with Crippen molar-refractivity contribution in [2.45, 2.75) is 58.4 Å². The molecule has 2 aromatic rings. The maximum Gasteiger partial charge on any atom is 0.224 e. The number of anilines is 1. The molecule has 1 amide bonds. The first-order chi connectivity index (χ1) is 12.4. The molecule has 0 spiro atoms. The molecule has 1 N–H and O–H groups in total. The van der Waals surface area contributed by atoms with Gasteiger partial charge in [-0.3, -0.25) is 4.79 Å².